The van der Waals surface area contributed by atoms with E-state index in [1.807, 2.05) is 30.5 Å². The third-order valence-electron chi connectivity index (χ3n) is 8.33. The van der Waals surface area contributed by atoms with Gasteiger partial charge in [-0.2, -0.15) is 0 Å². The fraction of sp³-hybridized carbons (Fsp3) is 0.312. The van der Waals surface area contributed by atoms with Gasteiger partial charge in [0, 0.05) is 54.5 Å². The Balaban J connectivity index is 1.05. The second-order valence-corrected chi connectivity index (χ2v) is 10.7. The Morgan fingerprint density at radius 3 is 2.70 bits per heavy atom. The second-order valence-electron chi connectivity index (χ2n) is 10.7. The first-order chi connectivity index (χ1) is 18.2. The summed E-state index contributed by atoms with van der Waals surface area (Å²) in [4.78, 5) is 8.32. The van der Waals surface area contributed by atoms with E-state index in [2.05, 4.69) is 69.4 Å². The van der Waals surface area contributed by atoms with Crippen molar-refractivity contribution in [2.24, 2.45) is 0 Å². The average Bonchev–Trinajstić information content (AvgIpc) is 3.53. The van der Waals surface area contributed by atoms with Crippen LogP contribution in [-0.4, -0.2) is 59.4 Å². The van der Waals surface area contributed by atoms with Gasteiger partial charge in [-0.25, -0.2) is 0 Å². The highest BCUT2D eigenvalue weighted by Crippen LogP contribution is 2.39. The lowest BCUT2D eigenvalue weighted by atomic mass is 9.95. The predicted molar refractivity (Wildman–Crippen MR) is 149 cm³/mol. The molecule has 1 fully saturated rings. The Bertz CT molecular complexity index is 1460. The van der Waals surface area contributed by atoms with Gasteiger partial charge in [-0.1, -0.05) is 48.6 Å². The van der Waals surface area contributed by atoms with E-state index in [0.29, 0.717) is 25.2 Å². The van der Waals surface area contributed by atoms with Crippen LogP contribution in [0.4, 0.5) is 5.69 Å². The van der Waals surface area contributed by atoms with Crippen LogP contribution < -0.4 is 9.64 Å². The Kier molecular flexibility index (Phi) is 5.75. The van der Waals surface area contributed by atoms with Crippen LogP contribution in [0.3, 0.4) is 0 Å². The second kappa shape index (κ2) is 9.40. The SMILES string of the molecule is OC(COc1cccc2[nH]ccc12)CN1CC2CC=CCC1CN2c1ccc2c(c1)Cc1ccccc1-2. The van der Waals surface area contributed by atoms with Crippen LogP contribution in [0.5, 0.6) is 5.75 Å². The minimum atomic E-state index is -0.536. The topological polar surface area (TPSA) is 51.7 Å². The number of fused-ring (bicyclic) bond motifs is 8. The van der Waals surface area contributed by atoms with Crippen molar-refractivity contribution < 1.29 is 9.84 Å². The standard InChI is InChI=1S/C32H33N3O2/c36-27(21-37-32-11-5-10-31-30(32)14-15-33-31)20-34-18-26-8-3-2-7-25(34)19-35(26)24-12-13-29-23(17-24)16-22-6-1-4-9-28(22)29/h1-6,9-15,17,25-27,33,36H,7-8,16,18-21H2. The fourth-order valence-corrected chi connectivity index (χ4v) is 6.48. The smallest absolute Gasteiger partial charge is 0.128 e. The number of benzene rings is 3. The maximum Gasteiger partial charge on any atom is 0.128 e. The number of H-pyrrole nitrogens is 1. The van der Waals surface area contributed by atoms with Crippen molar-refractivity contribution in [3.8, 4) is 16.9 Å². The van der Waals surface area contributed by atoms with Crippen LogP contribution in [-0.2, 0) is 6.42 Å². The van der Waals surface area contributed by atoms with E-state index in [-0.39, 0.29) is 0 Å². The number of aliphatic hydroxyl groups excluding tert-OH is 1. The Labute approximate surface area is 218 Å². The normalized spacial score (nSPS) is 21.5. The number of hydrogen-bond acceptors (Lipinski definition) is 4. The molecule has 1 aliphatic carbocycles. The van der Waals surface area contributed by atoms with E-state index >= 15 is 0 Å². The van der Waals surface area contributed by atoms with E-state index < -0.39 is 6.10 Å². The van der Waals surface area contributed by atoms with E-state index in [9.17, 15) is 5.11 Å². The third-order valence-corrected chi connectivity index (χ3v) is 8.33. The molecule has 5 nitrogen and oxygen atoms in total. The molecular weight excluding hydrogens is 458 g/mol. The number of piperazine rings is 1. The van der Waals surface area contributed by atoms with E-state index in [1.54, 1.807) is 0 Å². The van der Waals surface area contributed by atoms with Gasteiger partial charge in [0.1, 0.15) is 18.5 Å². The summed E-state index contributed by atoms with van der Waals surface area (Å²) in [7, 11) is 0. The fourth-order valence-electron chi connectivity index (χ4n) is 6.48. The molecule has 5 heteroatoms. The molecule has 1 aromatic heterocycles. The number of nitrogens with one attached hydrogen (secondary N) is 1. The van der Waals surface area contributed by atoms with E-state index in [0.717, 1.165) is 49.0 Å². The highest BCUT2D eigenvalue weighted by molar-refractivity contribution is 5.85. The van der Waals surface area contributed by atoms with Crippen molar-refractivity contribution in [2.75, 3.05) is 31.1 Å². The third kappa shape index (κ3) is 4.22. The van der Waals surface area contributed by atoms with Crippen molar-refractivity contribution in [3.63, 3.8) is 0 Å². The first kappa shape index (κ1) is 22.6. The van der Waals surface area contributed by atoms with Gasteiger partial charge in [-0.05, 0) is 71.8 Å². The molecule has 188 valence electrons. The molecule has 0 spiro atoms. The molecule has 0 amide bonds. The minimum absolute atomic E-state index is 0.295. The van der Waals surface area contributed by atoms with Gasteiger partial charge in [0.2, 0.25) is 0 Å². The largest absolute Gasteiger partial charge is 0.490 e. The lowest BCUT2D eigenvalue weighted by molar-refractivity contribution is 0.0409. The number of aliphatic hydroxyl groups is 1. The van der Waals surface area contributed by atoms with Crippen LogP contribution in [0, 0.1) is 0 Å². The van der Waals surface area contributed by atoms with Crippen LogP contribution >= 0.6 is 0 Å². The Morgan fingerprint density at radius 2 is 1.76 bits per heavy atom. The van der Waals surface area contributed by atoms with Gasteiger partial charge in [0.25, 0.3) is 0 Å². The highest BCUT2D eigenvalue weighted by atomic mass is 16.5. The van der Waals surface area contributed by atoms with Crippen LogP contribution in [0.25, 0.3) is 22.0 Å². The Morgan fingerprint density at radius 1 is 0.892 bits per heavy atom. The lowest BCUT2D eigenvalue weighted by Crippen LogP contribution is -2.60. The summed E-state index contributed by atoms with van der Waals surface area (Å²) in [6, 6.07) is 24.6. The van der Waals surface area contributed by atoms with E-state index in [1.165, 1.54) is 27.9 Å². The predicted octanol–water partition coefficient (Wildman–Crippen LogP) is 5.39. The molecule has 2 N–H and O–H groups in total. The highest BCUT2D eigenvalue weighted by Gasteiger charge is 2.35. The molecule has 1 saturated heterocycles. The molecule has 37 heavy (non-hydrogen) atoms. The molecular formula is C32H33N3O2. The van der Waals surface area contributed by atoms with Crippen LogP contribution in [0.15, 0.2) is 85.1 Å². The van der Waals surface area contributed by atoms with Gasteiger partial charge in [0.15, 0.2) is 0 Å². The number of anilines is 1. The zero-order valence-electron chi connectivity index (χ0n) is 21.0. The average molecular weight is 492 g/mol. The first-order valence-electron chi connectivity index (χ1n) is 13.5. The summed E-state index contributed by atoms with van der Waals surface area (Å²) in [5.41, 5.74) is 8.03. The monoisotopic (exact) mass is 491 g/mol. The van der Waals surface area contributed by atoms with Gasteiger partial charge >= 0.3 is 0 Å². The zero-order valence-corrected chi connectivity index (χ0v) is 21.0. The quantitative estimate of drug-likeness (QED) is 0.313. The maximum absolute atomic E-state index is 10.9. The number of nitrogens with zero attached hydrogens (tertiary/aromatic N) is 2. The molecule has 3 aliphatic heterocycles. The summed E-state index contributed by atoms with van der Waals surface area (Å²) in [6.45, 7) is 2.86. The van der Waals surface area contributed by atoms with Gasteiger partial charge < -0.3 is 19.7 Å². The van der Waals surface area contributed by atoms with Crippen molar-refractivity contribution in [1.82, 2.24) is 9.88 Å². The molecule has 4 aliphatic rings. The Hall–Kier alpha value is -3.54. The number of rotatable bonds is 6. The molecule has 8 rings (SSSR count). The number of ether oxygens (including phenoxy) is 1. The molecule has 3 aromatic carbocycles. The summed E-state index contributed by atoms with van der Waals surface area (Å²) < 4.78 is 6.06. The van der Waals surface area contributed by atoms with Gasteiger partial charge in [-0.15, -0.1) is 0 Å². The summed E-state index contributed by atoms with van der Waals surface area (Å²) in [5.74, 6) is 0.819. The molecule has 0 radical (unpaired) electrons. The summed E-state index contributed by atoms with van der Waals surface area (Å²) in [6.07, 6.45) is 9.13. The van der Waals surface area contributed by atoms with Crippen LogP contribution in [0.2, 0.25) is 0 Å². The molecule has 3 atom stereocenters. The van der Waals surface area contributed by atoms with Gasteiger partial charge in [0.05, 0.1) is 0 Å². The van der Waals surface area contributed by atoms with Crippen LogP contribution in [0.1, 0.15) is 24.0 Å². The van der Waals surface area contributed by atoms with Crippen molar-refractivity contribution in [3.05, 3.63) is 96.2 Å². The first-order valence-corrected chi connectivity index (χ1v) is 13.5. The molecule has 4 heterocycles. The zero-order chi connectivity index (χ0) is 24.8. The summed E-state index contributed by atoms with van der Waals surface area (Å²) in [5, 5.41) is 12.0. The number of hydrogen-bond donors (Lipinski definition) is 2. The number of aromatic nitrogens is 1. The van der Waals surface area contributed by atoms with Crippen molar-refractivity contribution >= 4 is 16.6 Å². The number of aromatic amines is 1. The van der Waals surface area contributed by atoms with E-state index in [4.69, 9.17) is 4.74 Å². The molecule has 0 saturated carbocycles. The minimum Gasteiger partial charge on any atom is -0.490 e. The summed E-state index contributed by atoms with van der Waals surface area (Å²) >= 11 is 0. The van der Waals surface area contributed by atoms with Gasteiger partial charge in [-0.3, -0.25) is 4.90 Å². The molecule has 4 aromatic rings. The van der Waals surface area contributed by atoms with Crippen molar-refractivity contribution in [1.29, 1.82) is 0 Å². The van der Waals surface area contributed by atoms with Crippen molar-refractivity contribution in [2.45, 2.75) is 37.5 Å². The molecule has 3 unspecified atom stereocenters. The lowest BCUT2D eigenvalue weighted by Gasteiger charge is -2.49. The maximum atomic E-state index is 10.9. The molecule has 2 bridgehead atoms.